The third-order valence-corrected chi connectivity index (χ3v) is 4.76. The summed E-state index contributed by atoms with van der Waals surface area (Å²) in [7, 11) is -3.53. The molecule has 1 aromatic rings. The number of rotatable bonds is 10. The van der Waals surface area contributed by atoms with Gasteiger partial charge in [0.15, 0.2) is 0 Å². The second-order valence-corrected chi connectivity index (χ2v) is 6.69. The SMILES string of the molecule is CCCCCCCCNS(=O)(=O)c1cc(CO)oc1C. The van der Waals surface area contributed by atoms with Crippen LogP contribution >= 0.6 is 0 Å². The van der Waals surface area contributed by atoms with Crippen molar-refractivity contribution < 1.29 is 17.9 Å². The lowest BCUT2D eigenvalue weighted by molar-refractivity contribution is 0.244. The van der Waals surface area contributed by atoms with Gasteiger partial charge in [0.1, 0.15) is 23.0 Å². The van der Waals surface area contributed by atoms with Crippen LogP contribution in [0.3, 0.4) is 0 Å². The number of hydrogen-bond donors (Lipinski definition) is 2. The highest BCUT2D eigenvalue weighted by Crippen LogP contribution is 2.19. The average molecular weight is 303 g/mol. The van der Waals surface area contributed by atoms with Gasteiger partial charge < -0.3 is 9.52 Å². The molecule has 6 heteroatoms. The lowest BCUT2D eigenvalue weighted by atomic mass is 10.1. The number of aliphatic hydroxyl groups is 1. The van der Waals surface area contributed by atoms with Gasteiger partial charge in [-0.1, -0.05) is 39.0 Å². The van der Waals surface area contributed by atoms with Crippen molar-refractivity contribution in [1.82, 2.24) is 4.72 Å². The highest BCUT2D eigenvalue weighted by molar-refractivity contribution is 7.89. The first-order valence-electron chi connectivity index (χ1n) is 7.21. The largest absolute Gasteiger partial charge is 0.462 e. The van der Waals surface area contributed by atoms with Crippen molar-refractivity contribution in [3.8, 4) is 0 Å². The Hall–Kier alpha value is -0.850. The molecule has 0 bridgehead atoms. The topological polar surface area (TPSA) is 79.5 Å². The predicted molar refractivity (Wildman–Crippen MR) is 77.9 cm³/mol. The van der Waals surface area contributed by atoms with E-state index in [-0.39, 0.29) is 17.3 Å². The van der Waals surface area contributed by atoms with Gasteiger partial charge in [-0.2, -0.15) is 0 Å². The first-order valence-corrected chi connectivity index (χ1v) is 8.69. The molecule has 1 rings (SSSR count). The minimum absolute atomic E-state index is 0.118. The van der Waals surface area contributed by atoms with E-state index in [1.54, 1.807) is 6.92 Å². The van der Waals surface area contributed by atoms with Gasteiger partial charge in [-0.3, -0.25) is 0 Å². The molecule has 0 aliphatic carbocycles. The Labute approximate surface area is 121 Å². The second-order valence-electron chi connectivity index (χ2n) is 4.96. The van der Waals surface area contributed by atoms with Crippen LogP contribution < -0.4 is 4.72 Å². The second kappa shape index (κ2) is 8.44. The number of aryl methyl sites for hydroxylation is 1. The molecular formula is C14H25NO4S. The van der Waals surface area contributed by atoms with E-state index in [9.17, 15) is 8.42 Å². The Bertz CT molecular complexity index is 493. The van der Waals surface area contributed by atoms with Crippen molar-refractivity contribution in [3.63, 3.8) is 0 Å². The molecule has 0 spiro atoms. The molecule has 0 aromatic carbocycles. The molecule has 116 valence electrons. The molecule has 0 saturated carbocycles. The molecule has 0 aliphatic heterocycles. The quantitative estimate of drug-likeness (QED) is 0.651. The summed E-state index contributed by atoms with van der Waals surface area (Å²) in [5.41, 5.74) is 0. The molecule has 0 atom stereocenters. The number of hydrogen-bond acceptors (Lipinski definition) is 4. The van der Waals surface area contributed by atoms with Gasteiger partial charge in [0.2, 0.25) is 10.0 Å². The minimum Gasteiger partial charge on any atom is -0.462 e. The van der Waals surface area contributed by atoms with E-state index in [0.29, 0.717) is 12.3 Å². The minimum atomic E-state index is -3.53. The number of furan rings is 1. The fraction of sp³-hybridized carbons (Fsp3) is 0.714. The smallest absolute Gasteiger partial charge is 0.244 e. The van der Waals surface area contributed by atoms with Crippen LogP contribution in [0.1, 0.15) is 57.0 Å². The van der Waals surface area contributed by atoms with E-state index in [1.165, 1.54) is 25.3 Å². The molecule has 0 unspecified atom stereocenters. The highest BCUT2D eigenvalue weighted by atomic mass is 32.2. The number of aliphatic hydroxyl groups excluding tert-OH is 1. The molecule has 0 radical (unpaired) electrons. The third kappa shape index (κ3) is 5.26. The highest BCUT2D eigenvalue weighted by Gasteiger charge is 2.20. The molecule has 0 aliphatic rings. The Kier molecular flexibility index (Phi) is 7.26. The van der Waals surface area contributed by atoms with Gasteiger partial charge in [0.05, 0.1) is 0 Å². The predicted octanol–water partition coefficient (Wildman–Crippen LogP) is 2.72. The van der Waals surface area contributed by atoms with E-state index in [1.807, 2.05) is 0 Å². The van der Waals surface area contributed by atoms with Crippen LogP contribution in [0.15, 0.2) is 15.4 Å². The Morgan fingerprint density at radius 1 is 1.20 bits per heavy atom. The van der Waals surface area contributed by atoms with Crippen molar-refractivity contribution >= 4 is 10.0 Å². The average Bonchev–Trinajstić information content (AvgIpc) is 2.80. The lowest BCUT2D eigenvalue weighted by Gasteiger charge is -2.05. The Balaban J connectivity index is 2.40. The van der Waals surface area contributed by atoms with Gasteiger partial charge in [0, 0.05) is 12.6 Å². The maximum Gasteiger partial charge on any atom is 0.244 e. The molecular weight excluding hydrogens is 278 g/mol. The normalized spacial score (nSPS) is 11.9. The van der Waals surface area contributed by atoms with E-state index in [4.69, 9.17) is 9.52 Å². The number of sulfonamides is 1. The number of unbranched alkanes of at least 4 members (excludes halogenated alkanes) is 5. The zero-order chi connectivity index (χ0) is 15.0. The van der Waals surface area contributed by atoms with E-state index in [2.05, 4.69) is 11.6 Å². The summed E-state index contributed by atoms with van der Waals surface area (Å²) in [4.78, 5) is 0.118. The van der Waals surface area contributed by atoms with Crippen LogP contribution in [0, 0.1) is 6.92 Å². The summed E-state index contributed by atoms with van der Waals surface area (Å²) in [5.74, 6) is 0.576. The zero-order valence-electron chi connectivity index (χ0n) is 12.3. The van der Waals surface area contributed by atoms with Crippen molar-refractivity contribution in [2.75, 3.05) is 6.54 Å². The number of nitrogens with one attached hydrogen (secondary N) is 1. The van der Waals surface area contributed by atoms with Gasteiger partial charge in [-0.25, -0.2) is 13.1 Å². The van der Waals surface area contributed by atoms with Gasteiger partial charge in [-0.15, -0.1) is 0 Å². The van der Waals surface area contributed by atoms with E-state index >= 15 is 0 Å². The first kappa shape index (κ1) is 17.2. The lowest BCUT2D eigenvalue weighted by Crippen LogP contribution is -2.25. The van der Waals surface area contributed by atoms with Crippen LogP contribution in [0.2, 0.25) is 0 Å². The van der Waals surface area contributed by atoms with Crippen LogP contribution in [-0.2, 0) is 16.6 Å². The molecule has 1 aromatic heterocycles. The zero-order valence-corrected chi connectivity index (χ0v) is 13.1. The summed E-state index contributed by atoms with van der Waals surface area (Å²) in [6.45, 7) is 3.89. The Morgan fingerprint density at radius 3 is 2.45 bits per heavy atom. The molecule has 0 amide bonds. The summed E-state index contributed by atoms with van der Waals surface area (Å²) in [6, 6.07) is 1.37. The van der Waals surface area contributed by atoms with E-state index < -0.39 is 10.0 Å². The monoisotopic (exact) mass is 303 g/mol. The van der Waals surface area contributed by atoms with Crippen molar-refractivity contribution in [1.29, 1.82) is 0 Å². The fourth-order valence-corrected chi connectivity index (χ4v) is 3.33. The molecule has 5 nitrogen and oxygen atoms in total. The standard InChI is InChI=1S/C14H25NO4S/c1-3-4-5-6-7-8-9-15-20(17,18)14-10-13(11-16)19-12(14)2/h10,15-16H,3-9,11H2,1-2H3. The molecule has 0 fully saturated rings. The van der Waals surface area contributed by atoms with Crippen molar-refractivity contribution in [3.05, 3.63) is 17.6 Å². The van der Waals surface area contributed by atoms with Crippen LogP contribution in [0.4, 0.5) is 0 Å². The van der Waals surface area contributed by atoms with Crippen LogP contribution in [0.5, 0.6) is 0 Å². The molecule has 2 N–H and O–H groups in total. The van der Waals surface area contributed by atoms with Crippen LogP contribution in [0.25, 0.3) is 0 Å². The maximum atomic E-state index is 12.1. The molecule has 20 heavy (non-hydrogen) atoms. The summed E-state index contributed by atoms with van der Waals surface area (Å²) >= 11 is 0. The van der Waals surface area contributed by atoms with Gasteiger partial charge in [0.25, 0.3) is 0 Å². The molecule has 1 heterocycles. The first-order chi connectivity index (χ1) is 9.51. The van der Waals surface area contributed by atoms with Crippen LogP contribution in [-0.4, -0.2) is 20.1 Å². The van der Waals surface area contributed by atoms with Crippen molar-refractivity contribution in [2.24, 2.45) is 0 Å². The Morgan fingerprint density at radius 2 is 1.85 bits per heavy atom. The molecule has 0 saturated heterocycles. The van der Waals surface area contributed by atoms with Gasteiger partial charge >= 0.3 is 0 Å². The van der Waals surface area contributed by atoms with Crippen molar-refractivity contribution in [2.45, 2.75) is 63.9 Å². The van der Waals surface area contributed by atoms with Gasteiger partial charge in [-0.05, 0) is 13.3 Å². The summed E-state index contributed by atoms with van der Waals surface area (Å²) in [6.07, 6.45) is 6.68. The maximum absolute atomic E-state index is 12.1. The summed E-state index contributed by atoms with van der Waals surface area (Å²) < 4.78 is 31.9. The third-order valence-electron chi connectivity index (χ3n) is 3.19. The summed E-state index contributed by atoms with van der Waals surface area (Å²) in [5, 5.41) is 8.95. The fourth-order valence-electron chi connectivity index (χ4n) is 2.06. The van der Waals surface area contributed by atoms with E-state index in [0.717, 1.165) is 19.3 Å².